The first-order valence-electron chi connectivity index (χ1n) is 5.67. The van der Waals surface area contributed by atoms with E-state index in [0.717, 1.165) is 11.3 Å². The van der Waals surface area contributed by atoms with E-state index in [9.17, 15) is 0 Å². The van der Waals surface area contributed by atoms with E-state index in [4.69, 9.17) is 19.9 Å². The Morgan fingerprint density at radius 2 is 1.53 bits per heavy atom. The Bertz CT molecular complexity index is 375. The smallest absolute Gasteiger partial charge is 0.165 e. The number of hydrogen-bond donors (Lipinski definition) is 1. The Morgan fingerprint density at radius 3 is 1.94 bits per heavy atom. The van der Waals surface area contributed by atoms with E-state index in [2.05, 4.69) is 0 Å². The molecule has 17 heavy (non-hydrogen) atoms. The van der Waals surface area contributed by atoms with Gasteiger partial charge in [0.25, 0.3) is 0 Å². The molecule has 0 aromatic heterocycles. The molecule has 0 amide bonds. The van der Waals surface area contributed by atoms with Gasteiger partial charge in [-0.05, 0) is 26.8 Å². The maximum absolute atomic E-state index is 5.89. The molecule has 0 aliphatic rings. The third kappa shape index (κ3) is 3.27. The number of benzene rings is 1. The molecule has 4 heteroatoms. The van der Waals surface area contributed by atoms with Crippen LogP contribution in [0, 0.1) is 0 Å². The Hall–Kier alpha value is -1.42. The summed E-state index contributed by atoms with van der Waals surface area (Å²) < 4.78 is 16.3. The zero-order chi connectivity index (χ0) is 13.0. The van der Waals surface area contributed by atoms with Gasteiger partial charge >= 0.3 is 0 Å². The lowest BCUT2D eigenvalue weighted by Crippen LogP contribution is -2.10. The molecular weight excluding hydrogens is 218 g/mol. The topological polar surface area (TPSA) is 53.7 Å². The molecule has 1 unspecified atom stereocenters. The van der Waals surface area contributed by atoms with E-state index in [-0.39, 0.29) is 12.1 Å². The molecular formula is C13H21NO3. The minimum absolute atomic E-state index is 0.0785. The van der Waals surface area contributed by atoms with Crippen molar-refractivity contribution in [2.45, 2.75) is 32.9 Å². The molecule has 0 heterocycles. The van der Waals surface area contributed by atoms with Gasteiger partial charge in [-0.1, -0.05) is 0 Å². The zero-order valence-corrected chi connectivity index (χ0v) is 11.1. The van der Waals surface area contributed by atoms with E-state index >= 15 is 0 Å². The van der Waals surface area contributed by atoms with Crippen molar-refractivity contribution in [2.75, 3.05) is 14.2 Å². The second kappa shape index (κ2) is 5.77. The minimum Gasteiger partial charge on any atom is -0.496 e. The van der Waals surface area contributed by atoms with Crippen LogP contribution in [0.1, 0.15) is 32.4 Å². The molecule has 1 rings (SSSR count). The third-order valence-electron chi connectivity index (χ3n) is 2.37. The highest BCUT2D eigenvalue weighted by atomic mass is 16.5. The van der Waals surface area contributed by atoms with E-state index in [1.807, 2.05) is 32.9 Å². The van der Waals surface area contributed by atoms with Crippen LogP contribution in [0.2, 0.25) is 0 Å². The predicted molar refractivity (Wildman–Crippen MR) is 67.9 cm³/mol. The highest BCUT2D eigenvalue weighted by Gasteiger charge is 2.15. The summed E-state index contributed by atoms with van der Waals surface area (Å²) in [6, 6.07) is 3.56. The van der Waals surface area contributed by atoms with E-state index in [0.29, 0.717) is 11.5 Å². The second-order valence-electron chi connectivity index (χ2n) is 4.20. The third-order valence-corrected chi connectivity index (χ3v) is 2.37. The van der Waals surface area contributed by atoms with Crippen molar-refractivity contribution in [2.24, 2.45) is 5.73 Å². The first kappa shape index (κ1) is 13.6. The second-order valence-corrected chi connectivity index (χ2v) is 4.20. The summed E-state index contributed by atoms with van der Waals surface area (Å²) in [4.78, 5) is 0. The fraction of sp³-hybridized carbons (Fsp3) is 0.538. The van der Waals surface area contributed by atoms with Crippen molar-refractivity contribution in [1.29, 1.82) is 0 Å². The van der Waals surface area contributed by atoms with Gasteiger partial charge in [0.1, 0.15) is 5.75 Å². The van der Waals surface area contributed by atoms with E-state index in [1.165, 1.54) is 0 Å². The molecule has 1 aromatic carbocycles. The fourth-order valence-corrected chi connectivity index (χ4v) is 1.60. The van der Waals surface area contributed by atoms with Gasteiger partial charge in [-0.2, -0.15) is 0 Å². The number of nitrogens with two attached hydrogens (primary N) is 1. The van der Waals surface area contributed by atoms with Crippen LogP contribution in [0.5, 0.6) is 17.2 Å². The molecule has 0 saturated heterocycles. The van der Waals surface area contributed by atoms with Crippen LogP contribution in [0.4, 0.5) is 0 Å². The zero-order valence-electron chi connectivity index (χ0n) is 11.1. The van der Waals surface area contributed by atoms with Gasteiger partial charge in [-0.25, -0.2) is 0 Å². The van der Waals surface area contributed by atoms with Crippen LogP contribution >= 0.6 is 0 Å². The van der Waals surface area contributed by atoms with Gasteiger partial charge in [0.15, 0.2) is 11.5 Å². The standard InChI is InChI=1S/C13H21NO3/c1-8(2)17-13-7-11(15-4)10(9(3)14)6-12(13)16-5/h6-9H,14H2,1-5H3. The highest BCUT2D eigenvalue weighted by molar-refractivity contribution is 5.51. The van der Waals surface area contributed by atoms with Gasteiger partial charge in [-0.3, -0.25) is 0 Å². The minimum atomic E-state index is -0.119. The summed E-state index contributed by atoms with van der Waals surface area (Å²) in [6.45, 7) is 5.83. The Balaban J connectivity index is 3.22. The maximum atomic E-state index is 5.89. The fourth-order valence-electron chi connectivity index (χ4n) is 1.60. The van der Waals surface area contributed by atoms with Crippen molar-refractivity contribution >= 4 is 0 Å². The van der Waals surface area contributed by atoms with Crippen molar-refractivity contribution in [3.05, 3.63) is 17.7 Å². The molecule has 0 aliphatic carbocycles. The number of ether oxygens (including phenoxy) is 3. The Labute approximate surface area is 103 Å². The normalized spacial score (nSPS) is 12.4. The Kier molecular flexibility index (Phi) is 4.63. The number of hydrogen-bond acceptors (Lipinski definition) is 4. The Morgan fingerprint density at radius 1 is 0.941 bits per heavy atom. The van der Waals surface area contributed by atoms with Gasteiger partial charge < -0.3 is 19.9 Å². The summed E-state index contributed by atoms with van der Waals surface area (Å²) >= 11 is 0. The van der Waals surface area contributed by atoms with Crippen LogP contribution in [0.25, 0.3) is 0 Å². The average molecular weight is 239 g/mol. The van der Waals surface area contributed by atoms with Crippen LogP contribution in [0.15, 0.2) is 12.1 Å². The summed E-state index contributed by atoms with van der Waals surface area (Å²) in [5, 5.41) is 0. The lowest BCUT2D eigenvalue weighted by Gasteiger charge is -2.18. The van der Waals surface area contributed by atoms with Gasteiger partial charge in [0.05, 0.1) is 20.3 Å². The van der Waals surface area contributed by atoms with Crippen LogP contribution in [0.3, 0.4) is 0 Å². The van der Waals surface area contributed by atoms with Crippen LogP contribution in [-0.4, -0.2) is 20.3 Å². The maximum Gasteiger partial charge on any atom is 0.165 e. The predicted octanol–water partition coefficient (Wildman–Crippen LogP) is 2.51. The summed E-state index contributed by atoms with van der Waals surface area (Å²) in [7, 11) is 3.23. The van der Waals surface area contributed by atoms with Crippen molar-refractivity contribution in [3.63, 3.8) is 0 Å². The first-order valence-corrected chi connectivity index (χ1v) is 5.67. The lowest BCUT2D eigenvalue weighted by molar-refractivity contribution is 0.228. The number of rotatable bonds is 5. The molecule has 1 atom stereocenters. The molecule has 2 N–H and O–H groups in total. The molecule has 4 nitrogen and oxygen atoms in total. The summed E-state index contributed by atoms with van der Waals surface area (Å²) in [5.74, 6) is 2.06. The molecule has 1 aromatic rings. The molecule has 0 radical (unpaired) electrons. The highest BCUT2D eigenvalue weighted by Crippen LogP contribution is 2.37. The first-order chi connectivity index (χ1) is 7.99. The molecule has 0 aliphatic heterocycles. The van der Waals surface area contributed by atoms with Gasteiger partial charge in [0.2, 0.25) is 0 Å². The molecule has 96 valence electrons. The van der Waals surface area contributed by atoms with Crippen LogP contribution in [-0.2, 0) is 0 Å². The molecule has 0 saturated carbocycles. The average Bonchev–Trinajstić information content (AvgIpc) is 2.27. The van der Waals surface area contributed by atoms with Crippen molar-refractivity contribution in [1.82, 2.24) is 0 Å². The molecule has 0 spiro atoms. The molecule has 0 bridgehead atoms. The largest absolute Gasteiger partial charge is 0.496 e. The van der Waals surface area contributed by atoms with Gasteiger partial charge in [0, 0.05) is 17.7 Å². The quantitative estimate of drug-likeness (QED) is 0.857. The number of methoxy groups -OCH3 is 2. The van der Waals surface area contributed by atoms with Crippen molar-refractivity contribution in [3.8, 4) is 17.2 Å². The van der Waals surface area contributed by atoms with E-state index < -0.39 is 0 Å². The summed E-state index contributed by atoms with van der Waals surface area (Å²) in [5.41, 5.74) is 6.79. The molecule has 0 fully saturated rings. The SMILES string of the molecule is COc1cc(C(C)N)c(OC)cc1OC(C)C. The van der Waals surface area contributed by atoms with Crippen LogP contribution < -0.4 is 19.9 Å². The van der Waals surface area contributed by atoms with E-state index in [1.54, 1.807) is 14.2 Å². The summed E-state index contributed by atoms with van der Waals surface area (Å²) in [6.07, 6.45) is 0.0785. The lowest BCUT2D eigenvalue weighted by atomic mass is 10.1. The van der Waals surface area contributed by atoms with Gasteiger partial charge in [-0.15, -0.1) is 0 Å². The monoisotopic (exact) mass is 239 g/mol. The van der Waals surface area contributed by atoms with Crippen molar-refractivity contribution < 1.29 is 14.2 Å².